The molecule has 0 unspecified atom stereocenters. The number of ether oxygens (including phenoxy) is 1. The molecule has 0 heterocycles. The highest BCUT2D eigenvalue weighted by molar-refractivity contribution is 5.87. The van der Waals surface area contributed by atoms with Gasteiger partial charge in [-0.15, -0.1) is 0 Å². The van der Waals surface area contributed by atoms with Gasteiger partial charge in [-0.25, -0.2) is 4.79 Å². The van der Waals surface area contributed by atoms with Crippen LogP contribution in [0.3, 0.4) is 0 Å². The summed E-state index contributed by atoms with van der Waals surface area (Å²) in [6, 6.07) is -0.329. The van der Waals surface area contributed by atoms with Crippen molar-refractivity contribution >= 4 is 11.9 Å². The minimum atomic E-state index is -0.403. The third-order valence-corrected chi connectivity index (χ3v) is 5.07. The van der Waals surface area contributed by atoms with E-state index in [4.69, 9.17) is 4.74 Å². The maximum absolute atomic E-state index is 12.1. The lowest BCUT2D eigenvalue weighted by Crippen LogP contribution is -2.45. The Kier molecular flexibility index (Phi) is 5.65. The van der Waals surface area contributed by atoms with Crippen molar-refractivity contribution in [2.75, 3.05) is 0 Å². The molecule has 1 amide bonds. The molecule has 2 aliphatic rings. The minimum absolute atomic E-state index is 0.00700. The van der Waals surface area contributed by atoms with Crippen molar-refractivity contribution in [2.45, 2.75) is 77.9 Å². The van der Waals surface area contributed by atoms with E-state index in [2.05, 4.69) is 26.1 Å². The fraction of sp³-hybridized carbons (Fsp3) is 0.882. The predicted octanol–water partition coefficient (Wildman–Crippen LogP) is 3.69. The number of carbonyl (C=O) groups is 2. The Bertz CT molecular complexity index is 380. The summed E-state index contributed by atoms with van der Waals surface area (Å²) in [5, 5.41) is 2.78. The first-order valence-corrected chi connectivity index (χ1v) is 8.47. The average Bonchev–Trinajstić information content (AvgIpc) is 2.41. The van der Waals surface area contributed by atoms with Crippen LogP contribution in [0.1, 0.15) is 65.7 Å². The second-order valence-electron chi connectivity index (χ2n) is 7.18. The molecule has 4 atom stereocenters. The number of nitrogens with one attached hydrogen (secondary N) is 1. The molecule has 2 aliphatic carbocycles. The topological polar surface area (TPSA) is 55.4 Å². The van der Waals surface area contributed by atoms with Crippen molar-refractivity contribution in [3.8, 4) is 0 Å². The van der Waals surface area contributed by atoms with E-state index in [1.165, 1.54) is 6.42 Å². The molecule has 2 fully saturated rings. The monoisotopic (exact) mass is 295 g/mol. The van der Waals surface area contributed by atoms with E-state index >= 15 is 0 Å². The molecule has 0 aromatic carbocycles. The molecule has 4 nitrogen and oxygen atoms in total. The van der Waals surface area contributed by atoms with Crippen molar-refractivity contribution in [2.24, 2.45) is 17.8 Å². The molecule has 4 heteroatoms. The van der Waals surface area contributed by atoms with Crippen LogP contribution in [0.15, 0.2) is 0 Å². The Balaban J connectivity index is 1.88. The van der Waals surface area contributed by atoms with Crippen LogP contribution < -0.4 is 5.32 Å². The van der Waals surface area contributed by atoms with Crippen LogP contribution >= 0.6 is 0 Å². The third kappa shape index (κ3) is 4.45. The van der Waals surface area contributed by atoms with E-state index < -0.39 is 6.09 Å². The van der Waals surface area contributed by atoms with Crippen molar-refractivity contribution < 1.29 is 14.3 Å². The number of rotatable bonds is 3. The van der Waals surface area contributed by atoms with Gasteiger partial charge in [0.2, 0.25) is 0 Å². The zero-order chi connectivity index (χ0) is 15.4. The van der Waals surface area contributed by atoms with Gasteiger partial charge in [0, 0.05) is 6.42 Å². The molecule has 0 aromatic rings. The first kappa shape index (κ1) is 16.3. The number of carbonyl (C=O) groups excluding carboxylic acids is 2. The van der Waals surface area contributed by atoms with Crippen molar-refractivity contribution in [1.29, 1.82) is 0 Å². The van der Waals surface area contributed by atoms with Crippen molar-refractivity contribution in [1.82, 2.24) is 5.32 Å². The summed E-state index contributed by atoms with van der Waals surface area (Å²) in [5.74, 6) is 1.71. The summed E-state index contributed by atoms with van der Waals surface area (Å²) in [6.07, 6.45) is 6.16. The molecule has 120 valence electrons. The van der Waals surface area contributed by atoms with E-state index in [0.717, 1.165) is 32.1 Å². The van der Waals surface area contributed by atoms with Crippen LogP contribution in [0.5, 0.6) is 0 Å². The van der Waals surface area contributed by atoms with E-state index in [-0.39, 0.29) is 17.9 Å². The fourth-order valence-corrected chi connectivity index (χ4v) is 3.70. The highest BCUT2D eigenvalue weighted by atomic mass is 16.6. The number of alkyl carbamates (subject to hydrolysis) is 1. The zero-order valence-electron chi connectivity index (χ0n) is 13.6. The summed E-state index contributed by atoms with van der Waals surface area (Å²) in [4.78, 5) is 23.9. The molecule has 0 spiro atoms. The van der Waals surface area contributed by atoms with Crippen LogP contribution in [-0.4, -0.2) is 24.0 Å². The molecule has 0 saturated heterocycles. The van der Waals surface area contributed by atoms with Gasteiger partial charge in [-0.2, -0.15) is 0 Å². The SMILES string of the molecule is CC(C)[C@@H]1CC[C@@H](C)C[C@@H]1OC(=O)N[C@@H]1CCCCC1=O. The van der Waals surface area contributed by atoms with Crippen molar-refractivity contribution in [3.05, 3.63) is 0 Å². The lowest BCUT2D eigenvalue weighted by molar-refractivity contribution is -0.122. The lowest BCUT2D eigenvalue weighted by atomic mass is 9.75. The number of ketones is 1. The Labute approximate surface area is 128 Å². The van der Waals surface area contributed by atoms with Crippen LogP contribution in [-0.2, 0) is 9.53 Å². The largest absolute Gasteiger partial charge is 0.446 e. The van der Waals surface area contributed by atoms with Gasteiger partial charge in [0.05, 0.1) is 6.04 Å². The maximum atomic E-state index is 12.1. The first-order chi connectivity index (χ1) is 9.97. The molecule has 1 N–H and O–H groups in total. The Morgan fingerprint density at radius 2 is 2.00 bits per heavy atom. The van der Waals surface area contributed by atoms with Gasteiger partial charge in [-0.05, 0) is 43.4 Å². The predicted molar refractivity (Wildman–Crippen MR) is 82.0 cm³/mol. The summed E-state index contributed by atoms with van der Waals surface area (Å²) >= 11 is 0. The maximum Gasteiger partial charge on any atom is 0.408 e. The lowest BCUT2D eigenvalue weighted by Gasteiger charge is -2.37. The number of amides is 1. The molecular formula is C17H29NO3. The second-order valence-corrected chi connectivity index (χ2v) is 7.18. The van der Waals surface area contributed by atoms with Gasteiger partial charge in [-0.1, -0.05) is 33.6 Å². The van der Waals surface area contributed by atoms with E-state index in [1.807, 2.05) is 0 Å². The van der Waals surface area contributed by atoms with E-state index in [1.54, 1.807) is 0 Å². The van der Waals surface area contributed by atoms with Gasteiger partial charge in [-0.3, -0.25) is 4.79 Å². The average molecular weight is 295 g/mol. The van der Waals surface area contributed by atoms with Crippen LogP contribution in [0.2, 0.25) is 0 Å². The van der Waals surface area contributed by atoms with Gasteiger partial charge in [0.1, 0.15) is 6.10 Å². The van der Waals surface area contributed by atoms with Gasteiger partial charge < -0.3 is 10.1 Å². The smallest absolute Gasteiger partial charge is 0.408 e. The summed E-state index contributed by atoms with van der Waals surface area (Å²) in [5.41, 5.74) is 0. The highest BCUT2D eigenvalue weighted by Gasteiger charge is 2.34. The molecule has 21 heavy (non-hydrogen) atoms. The third-order valence-electron chi connectivity index (χ3n) is 5.07. The van der Waals surface area contributed by atoms with Gasteiger partial charge in [0.15, 0.2) is 5.78 Å². The number of hydrogen-bond acceptors (Lipinski definition) is 3. The molecule has 2 saturated carbocycles. The molecule has 0 bridgehead atoms. The summed E-state index contributed by atoms with van der Waals surface area (Å²) in [6.45, 7) is 6.61. The molecule has 2 rings (SSSR count). The second kappa shape index (κ2) is 7.28. The van der Waals surface area contributed by atoms with E-state index in [0.29, 0.717) is 24.2 Å². The van der Waals surface area contributed by atoms with Crippen LogP contribution in [0.25, 0.3) is 0 Å². The quantitative estimate of drug-likeness (QED) is 0.864. The zero-order valence-corrected chi connectivity index (χ0v) is 13.6. The highest BCUT2D eigenvalue weighted by Crippen LogP contribution is 2.35. The minimum Gasteiger partial charge on any atom is -0.446 e. The summed E-state index contributed by atoms with van der Waals surface area (Å²) < 4.78 is 5.68. The Hall–Kier alpha value is -1.06. The van der Waals surface area contributed by atoms with E-state index in [9.17, 15) is 9.59 Å². The van der Waals surface area contributed by atoms with Crippen LogP contribution in [0, 0.1) is 17.8 Å². The Morgan fingerprint density at radius 1 is 1.24 bits per heavy atom. The first-order valence-electron chi connectivity index (χ1n) is 8.47. The molecule has 0 radical (unpaired) electrons. The van der Waals surface area contributed by atoms with Gasteiger partial charge in [0.25, 0.3) is 0 Å². The Morgan fingerprint density at radius 3 is 2.67 bits per heavy atom. The molecular weight excluding hydrogens is 266 g/mol. The summed E-state index contributed by atoms with van der Waals surface area (Å²) in [7, 11) is 0. The fourth-order valence-electron chi connectivity index (χ4n) is 3.70. The molecule has 0 aromatic heterocycles. The molecule has 0 aliphatic heterocycles. The number of Topliss-reactive ketones (excluding diaryl/α,β-unsaturated/α-hetero) is 1. The normalized spacial score (nSPS) is 33.8. The number of hydrogen-bond donors (Lipinski definition) is 1. The van der Waals surface area contributed by atoms with Gasteiger partial charge >= 0.3 is 6.09 Å². The van der Waals surface area contributed by atoms with Crippen molar-refractivity contribution in [3.63, 3.8) is 0 Å². The standard InChI is InChI=1S/C17H29NO3/c1-11(2)13-9-8-12(3)10-16(13)21-17(20)18-14-6-4-5-7-15(14)19/h11-14,16H,4-10H2,1-3H3,(H,18,20)/t12-,13+,14-,16+/m1/s1. The van der Waals surface area contributed by atoms with Crippen LogP contribution in [0.4, 0.5) is 4.79 Å².